The second-order valence-corrected chi connectivity index (χ2v) is 8.04. The molecule has 0 bridgehead atoms. The van der Waals surface area contributed by atoms with Crippen molar-refractivity contribution < 1.29 is 14.4 Å². The summed E-state index contributed by atoms with van der Waals surface area (Å²) >= 11 is 0. The molecule has 2 aromatic carbocycles. The molecular formula is C28H33N3O3. The van der Waals surface area contributed by atoms with Crippen LogP contribution >= 0.6 is 0 Å². The number of anilines is 1. The van der Waals surface area contributed by atoms with Gasteiger partial charge >= 0.3 is 0 Å². The van der Waals surface area contributed by atoms with Crippen LogP contribution in [0.5, 0.6) is 5.75 Å². The van der Waals surface area contributed by atoms with Crippen LogP contribution in [0.2, 0.25) is 0 Å². The average Bonchev–Trinajstić information content (AvgIpc) is 2.86. The molecule has 1 aliphatic heterocycles. The Morgan fingerprint density at radius 3 is 2.38 bits per heavy atom. The smallest absolute Gasteiger partial charge is 0.257 e. The molecule has 34 heavy (non-hydrogen) atoms. The molecule has 1 saturated heterocycles. The first-order valence-electron chi connectivity index (χ1n) is 11.4. The quantitative estimate of drug-likeness (QED) is 0.104. The number of ether oxygens (including phenoxy) is 1. The summed E-state index contributed by atoms with van der Waals surface area (Å²) in [5, 5.41) is 4.21. The number of nitrogens with zero attached hydrogens (tertiary/aromatic N) is 3. The third-order valence-electron chi connectivity index (χ3n) is 5.54. The summed E-state index contributed by atoms with van der Waals surface area (Å²) in [4.78, 5) is 22.7. The number of allylic oxidation sites excluding steroid dienone is 1. The Hall–Kier alpha value is -3.64. The Labute approximate surface area is 202 Å². The van der Waals surface area contributed by atoms with E-state index in [0.29, 0.717) is 17.9 Å². The largest absolute Gasteiger partial charge is 0.497 e. The van der Waals surface area contributed by atoms with Gasteiger partial charge in [-0.3, -0.25) is 14.6 Å². The van der Waals surface area contributed by atoms with Crippen molar-refractivity contribution in [3.63, 3.8) is 0 Å². The molecule has 0 radical (unpaired) electrons. The van der Waals surface area contributed by atoms with Gasteiger partial charge < -0.3 is 9.57 Å². The Kier molecular flexibility index (Phi) is 9.23. The minimum Gasteiger partial charge on any atom is -0.497 e. The lowest BCUT2D eigenvalue weighted by molar-refractivity contribution is -0.119. The zero-order valence-corrected chi connectivity index (χ0v) is 20.0. The van der Waals surface area contributed by atoms with Gasteiger partial charge in [0.25, 0.3) is 5.91 Å². The Morgan fingerprint density at radius 1 is 1.09 bits per heavy atom. The van der Waals surface area contributed by atoms with Gasteiger partial charge in [0.15, 0.2) is 0 Å². The minimum absolute atomic E-state index is 0.0435. The van der Waals surface area contributed by atoms with Gasteiger partial charge in [0, 0.05) is 30.9 Å². The van der Waals surface area contributed by atoms with Gasteiger partial charge in [0.05, 0.1) is 18.9 Å². The van der Waals surface area contributed by atoms with Gasteiger partial charge in [-0.25, -0.2) is 0 Å². The highest BCUT2D eigenvalue weighted by Gasteiger charge is 2.43. The van der Waals surface area contributed by atoms with Crippen molar-refractivity contribution in [2.45, 2.75) is 19.4 Å². The number of hydrogen-bond acceptors (Lipinski definition) is 5. The molecule has 178 valence electrons. The molecule has 1 aliphatic rings. The summed E-state index contributed by atoms with van der Waals surface area (Å²) in [5.74, 6) is 0.707. The van der Waals surface area contributed by atoms with E-state index in [9.17, 15) is 4.79 Å². The van der Waals surface area contributed by atoms with Gasteiger partial charge in [-0.1, -0.05) is 47.6 Å². The highest BCUT2D eigenvalue weighted by atomic mass is 16.6. The Bertz CT molecular complexity index is 1020. The lowest BCUT2D eigenvalue weighted by Gasteiger charge is -2.43. The third kappa shape index (κ3) is 6.23. The van der Waals surface area contributed by atoms with Gasteiger partial charge in [-0.15, -0.1) is 13.2 Å². The summed E-state index contributed by atoms with van der Waals surface area (Å²) in [6.07, 6.45) is 6.42. The molecule has 6 heteroatoms. The van der Waals surface area contributed by atoms with Crippen LogP contribution in [-0.4, -0.2) is 49.9 Å². The van der Waals surface area contributed by atoms with E-state index in [2.05, 4.69) is 23.2 Å². The van der Waals surface area contributed by atoms with E-state index >= 15 is 0 Å². The van der Waals surface area contributed by atoms with Gasteiger partial charge in [0.2, 0.25) is 0 Å². The predicted octanol–water partition coefficient (Wildman–Crippen LogP) is 5.17. The molecule has 6 nitrogen and oxygen atoms in total. The standard InChI is InChI=1S/C28H33N3O3/c1-5-17-30(18-6-2)19-10-20-34-29-22(3)21-26-27(23-11-8-7-9-12-23)31(28(26)32)24-13-15-25(33-4)16-14-24/h5-9,11-16,21,27H,1-2,10,17-20H2,3-4H3. The fourth-order valence-corrected chi connectivity index (χ4v) is 3.93. The highest BCUT2D eigenvalue weighted by Crippen LogP contribution is 2.43. The lowest BCUT2D eigenvalue weighted by atomic mass is 9.86. The van der Waals surface area contributed by atoms with Gasteiger partial charge in [-0.05, 0) is 49.2 Å². The van der Waals surface area contributed by atoms with Crippen LogP contribution in [0.15, 0.2) is 96.7 Å². The molecule has 0 aliphatic carbocycles. The molecular weight excluding hydrogens is 426 g/mol. The fourth-order valence-electron chi connectivity index (χ4n) is 3.93. The van der Waals surface area contributed by atoms with Crippen LogP contribution in [0, 0.1) is 0 Å². The van der Waals surface area contributed by atoms with Crippen LogP contribution in [0.25, 0.3) is 0 Å². The van der Waals surface area contributed by atoms with Crippen molar-refractivity contribution in [3.05, 3.63) is 97.1 Å². The highest BCUT2D eigenvalue weighted by molar-refractivity contribution is 6.18. The maximum absolute atomic E-state index is 13.1. The lowest BCUT2D eigenvalue weighted by Crippen LogP contribution is -2.49. The number of β-lactam (4-membered cyclic amide) rings is 1. The van der Waals surface area contributed by atoms with Crippen LogP contribution < -0.4 is 9.64 Å². The molecule has 1 unspecified atom stereocenters. The predicted molar refractivity (Wildman–Crippen MR) is 138 cm³/mol. The maximum Gasteiger partial charge on any atom is 0.257 e. The summed E-state index contributed by atoms with van der Waals surface area (Å²) in [6, 6.07) is 17.3. The molecule has 1 amide bonds. The van der Waals surface area contributed by atoms with E-state index < -0.39 is 0 Å². The van der Waals surface area contributed by atoms with E-state index in [1.165, 1.54) is 0 Å². The van der Waals surface area contributed by atoms with Gasteiger partial charge in [-0.2, -0.15) is 0 Å². The number of benzene rings is 2. The van der Waals surface area contributed by atoms with Crippen molar-refractivity contribution in [3.8, 4) is 5.75 Å². The number of oxime groups is 1. The van der Waals surface area contributed by atoms with Crippen LogP contribution in [-0.2, 0) is 9.63 Å². The SMILES string of the molecule is C=CCN(CC=C)CCCON=C(C)C=C1C(=O)N(c2ccc(OC)cc2)C1c1ccccc1. The number of rotatable bonds is 13. The van der Waals surface area contributed by atoms with Crippen molar-refractivity contribution in [1.82, 2.24) is 4.90 Å². The number of methoxy groups -OCH3 is 1. The van der Waals surface area contributed by atoms with Crippen molar-refractivity contribution in [2.24, 2.45) is 5.16 Å². The zero-order chi connectivity index (χ0) is 24.3. The van der Waals surface area contributed by atoms with E-state index in [0.717, 1.165) is 43.1 Å². The summed E-state index contributed by atoms with van der Waals surface area (Å²) in [5.41, 5.74) is 3.22. The number of hydrogen-bond donors (Lipinski definition) is 0. The molecule has 1 fully saturated rings. The molecule has 2 aromatic rings. The molecule has 0 saturated carbocycles. The van der Waals surface area contributed by atoms with Crippen LogP contribution in [0.1, 0.15) is 24.9 Å². The molecule has 0 spiro atoms. The summed E-state index contributed by atoms with van der Waals surface area (Å²) in [6.45, 7) is 12.4. The van der Waals surface area contributed by atoms with E-state index in [1.807, 2.05) is 79.7 Å². The number of carbonyl (C=O) groups is 1. The van der Waals surface area contributed by atoms with Crippen molar-refractivity contribution >= 4 is 17.3 Å². The molecule has 0 N–H and O–H groups in total. The van der Waals surface area contributed by atoms with Crippen LogP contribution in [0.3, 0.4) is 0 Å². The zero-order valence-electron chi connectivity index (χ0n) is 20.0. The molecule has 1 atom stereocenters. The normalized spacial score (nSPS) is 17.0. The van der Waals surface area contributed by atoms with Crippen LogP contribution in [0.4, 0.5) is 5.69 Å². The van der Waals surface area contributed by atoms with E-state index in [4.69, 9.17) is 9.57 Å². The number of carbonyl (C=O) groups excluding carboxylic acids is 1. The Morgan fingerprint density at radius 2 is 1.76 bits per heavy atom. The minimum atomic E-state index is -0.182. The summed E-state index contributed by atoms with van der Waals surface area (Å²) in [7, 11) is 1.63. The molecule has 3 rings (SSSR count). The van der Waals surface area contributed by atoms with E-state index in [1.54, 1.807) is 12.0 Å². The van der Waals surface area contributed by atoms with Crippen molar-refractivity contribution in [1.29, 1.82) is 0 Å². The second-order valence-electron chi connectivity index (χ2n) is 8.04. The van der Waals surface area contributed by atoms with E-state index in [-0.39, 0.29) is 11.9 Å². The number of amides is 1. The summed E-state index contributed by atoms with van der Waals surface area (Å²) < 4.78 is 5.25. The molecule has 1 heterocycles. The Balaban J connectivity index is 1.68. The third-order valence-corrected chi connectivity index (χ3v) is 5.54. The first-order valence-corrected chi connectivity index (χ1v) is 11.4. The second kappa shape index (κ2) is 12.6. The topological polar surface area (TPSA) is 54.4 Å². The first kappa shape index (κ1) is 25.0. The van der Waals surface area contributed by atoms with Gasteiger partial charge in [0.1, 0.15) is 12.4 Å². The fraction of sp³-hybridized carbons (Fsp3) is 0.286. The average molecular weight is 460 g/mol. The van der Waals surface area contributed by atoms with Crippen molar-refractivity contribution in [2.75, 3.05) is 38.3 Å². The maximum atomic E-state index is 13.1. The monoisotopic (exact) mass is 459 g/mol. The molecule has 0 aromatic heterocycles. The first-order chi connectivity index (χ1) is 16.6.